The number of nitrogens with zero attached hydrogens (tertiary/aromatic N) is 5. The lowest BCUT2D eigenvalue weighted by molar-refractivity contribution is 0.0687. The summed E-state index contributed by atoms with van der Waals surface area (Å²) in [5.41, 5.74) is 3.77. The monoisotopic (exact) mass is 347 g/mol. The number of aryl methyl sites for hydroxylation is 1. The van der Waals surface area contributed by atoms with Gasteiger partial charge in [-0.3, -0.25) is 9.58 Å². The highest BCUT2D eigenvalue weighted by atomic mass is 16.6. The second-order valence-electron chi connectivity index (χ2n) is 7.26. The SMILES string of the molecule is Cc1nonc1CN(C)[C@H]1CCc2c(c(C(=O)O)nn2CC(C)C)C1. The summed E-state index contributed by atoms with van der Waals surface area (Å²) >= 11 is 0. The molecule has 136 valence electrons. The van der Waals surface area contributed by atoms with Crippen molar-refractivity contribution in [2.75, 3.05) is 7.05 Å². The van der Waals surface area contributed by atoms with Crippen LogP contribution in [0.25, 0.3) is 0 Å². The minimum Gasteiger partial charge on any atom is -0.476 e. The van der Waals surface area contributed by atoms with Gasteiger partial charge in [0.2, 0.25) is 0 Å². The molecule has 2 aromatic rings. The number of aromatic nitrogens is 4. The fourth-order valence-electron chi connectivity index (χ4n) is 3.47. The van der Waals surface area contributed by atoms with Crippen molar-refractivity contribution in [2.24, 2.45) is 5.92 Å². The van der Waals surface area contributed by atoms with Gasteiger partial charge < -0.3 is 5.11 Å². The normalized spacial score (nSPS) is 17.3. The standard InChI is InChI=1S/C17H25N5O3/c1-10(2)8-22-15-6-5-12(7-13(15)16(18-22)17(23)24)21(4)9-14-11(3)19-25-20-14/h10,12H,5-9H2,1-4H3,(H,23,24)/t12-/m0/s1. The van der Waals surface area contributed by atoms with E-state index in [1.807, 2.05) is 18.7 Å². The summed E-state index contributed by atoms with van der Waals surface area (Å²) in [5.74, 6) is -0.521. The molecule has 1 aliphatic rings. The molecule has 1 N–H and O–H groups in total. The van der Waals surface area contributed by atoms with Crippen molar-refractivity contribution in [3.8, 4) is 0 Å². The molecule has 0 spiro atoms. The van der Waals surface area contributed by atoms with Crippen LogP contribution in [0.3, 0.4) is 0 Å². The summed E-state index contributed by atoms with van der Waals surface area (Å²) < 4.78 is 6.66. The van der Waals surface area contributed by atoms with Crippen LogP contribution in [0, 0.1) is 12.8 Å². The van der Waals surface area contributed by atoms with E-state index in [0.717, 1.165) is 42.0 Å². The zero-order valence-corrected chi connectivity index (χ0v) is 15.2. The van der Waals surface area contributed by atoms with E-state index in [1.54, 1.807) is 0 Å². The van der Waals surface area contributed by atoms with E-state index in [4.69, 9.17) is 4.63 Å². The Hall–Kier alpha value is -2.22. The number of carbonyl (C=O) groups is 1. The van der Waals surface area contributed by atoms with Crippen molar-refractivity contribution >= 4 is 5.97 Å². The summed E-state index contributed by atoms with van der Waals surface area (Å²) in [7, 11) is 2.03. The molecule has 0 unspecified atom stereocenters. The van der Waals surface area contributed by atoms with Crippen LogP contribution < -0.4 is 0 Å². The molecule has 0 aliphatic heterocycles. The van der Waals surface area contributed by atoms with Gasteiger partial charge in [0.15, 0.2) is 5.69 Å². The molecule has 8 heteroatoms. The summed E-state index contributed by atoms with van der Waals surface area (Å²) in [6.07, 6.45) is 2.50. The van der Waals surface area contributed by atoms with Crippen molar-refractivity contribution in [2.45, 2.75) is 59.2 Å². The van der Waals surface area contributed by atoms with Crippen LogP contribution in [0.2, 0.25) is 0 Å². The number of carboxylic acids is 1. The zero-order valence-electron chi connectivity index (χ0n) is 15.2. The van der Waals surface area contributed by atoms with Crippen LogP contribution >= 0.6 is 0 Å². The lowest BCUT2D eigenvalue weighted by atomic mass is 9.90. The summed E-state index contributed by atoms with van der Waals surface area (Å²) in [5, 5.41) is 21.7. The number of likely N-dealkylation sites (N-methyl/N-ethyl adjacent to an activating group) is 1. The van der Waals surface area contributed by atoms with E-state index in [-0.39, 0.29) is 11.7 Å². The number of fused-ring (bicyclic) bond motifs is 1. The Morgan fingerprint density at radius 1 is 1.44 bits per heavy atom. The lowest BCUT2D eigenvalue weighted by Gasteiger charge is -2.31. The van der Waals surface area contributed by atoms with Gasteiger partial charge in [-0.05, 0) is 39.2 Å². The molecule has 0 amide bonds. The van der Waals surface area contributed by atoms with Gasteiger partial charge in [0.25, 0.3) is 0 Å². The molecule has 0 saturated carbocycles. The first-order valence-corrected chi connectivity index (χ1v) is 8.67. The van der Waals surface area contributed by atoms with Crippen molar-refractivity contribution in [3.63, 3.8) is 0 Å². The predicted octanol–water partition coefficient (Wildman–Crippen LogP) is 1.92. The first kappa shape index (κ1) is 17.6. The smallest absolute Gasteiger partial charge is 0.356 e. The molecule has 2 aromatic heterocycles. The van der Waals surface area contributed by atoms with Gasteiger partial charge >= 0.3 is 5.97 Å². The number of hydrogen-bond acceptors (Lipinski definition) is 6. The van der Waals surface area contributed by atoms with Gasteiger partial charge in [0.1, 0.15) is 11.4 Å². The van der Waals surface area contributed by atoms with Crippen molar-refractivity contribution < 1.29 is 14.5 Å². The average molecular weight is 347 g/mol. The van der Waals surface area contributed by atoms with Gasteiger partial charge in [0, 0.05) is 30.4 Å². The predicted molar refractivity (Wildman–Crippen MR) is 90.3 cm³/mol. The second kappa shape index (κ2) is 6.95. The Morgan fingerprint density at radius 3 is 2.80 bits per heavy atom. The van der Waals surface area contributed by atoms with Crippen LogP contribution in [0.15, 0.2) is 4.63 Å². The number of hydrogen-bond donors (Lipinski definition) is 1. The highest BCUT2D eigenvalue weighted by Crippen LogP contribution is 2.28. The second-order valence-corrected chi connectivity index (χ2v) is 7.26. The highest BCUT2D eigenvalue weighted by Gasteiger charge is 2.31. The Balaban J connectivity index is 1.81. The van der Waals surface area contributed by atoms with E-state index in [2.05, 4.69) is 34.2 Å². The molecule has 0 radical (unpaired) electrons. The maximum absolute atomic E-state index is 11.6. The molecule has 0 fully saturated rings. The van der Waals surface area contributed by atoms with Crippen molar-refractivity contribution in [1.82, 2.24) is 25.0 Å². The quantitative estimate of drug-likeness (QED) is 0.852. The maximum atomic E-state index is 11.6. The lowest BCUT2D eigenvalue weighted by Crippen LogP contribution is -2.37. The molecule has 1 aliphatic carbocycles. The molecule has 3 rings (SSSR count). The van der Waals surface area contributed by atoms with Gasteiger partial charge in [-0.15, -0.1) is 0 Å². The van der Waals surface area contributed by atoms with Crippen molar-refractivity contribution in [3.05, 3.63) is 28.3 Å². The molecule has 0 aromatic carbocycles. The van der Waals surface area contributed by atoms with Gasteiger partial charge in [-0.25, -0.2) is 9.42 Å². The van der Waals surface area contributed by atoms with E-state index in [0.29, 0.717) is 18.9 Å². The van der Waals surface area contributed by atoms with Crippen LogP contribution in [0.1, 0.15) is 53.4 Å². The first-order chi connectivity index (χ1) is 11.9. The topological polar surface area (TPSA) is 97.3 Å². The number of rotatable bonds is 6. The molecule has 25 heavy (non-hydrogen) atoms. The van der Waals surface area contributed by atoms with Gasteiger partial charge in [-0.1, -0.05) is 24.2 Å². The van der Waals surface area contributed by atoms with E-state index >= 15 is 0 Å². The minimum atomic E-state index is -0.946. The van der Waals surface area contributed by atoms with E-state index < -0.39 is 5.97 Å². The Kier molecular flexibility index (Phi) is 4.89. The fraction of sp³-hybridized carbons (Fsp3) is 0.647. The zero-order chi connectivity index (χ0) is 18.1. The Morgan fingerprint density at radius 2 is 2.20 bits per heavy atom. The largest absolute Gasteiger partial charge is 0.476 e. The van der Waals surface area contributed by atoms with Crippen LogP contribution in [-0.2, 0) is 25.9 Å². The molecule has 2 heterocycles. The molecule has 8 nitrogen and oxygen atoms in total. The van der Waals surface area contributed by atoms with Crippen LogP contribution in [-0.4, -0.2) is 49.2 Å². The summed E-state index contributed by atoms with van der Waals surface area (Å²) in [6.45, 7) is 7.49. The van der Waals surface area contributed by atoms with Crippen LogP contribution in [0.5, 0.6) is 0 Å². The summed E-state index contributed by atoms with van der Waals surface area (Å²) in [6, 6.07) is 0.249. The highest BCUT2D eigenvalue weighted by molar-refractivity contribution is 5.87. The molecule has 1 atom stereocenters. The van der Waals surface area contributed by atoms with Crippen LogP contribution in [0.4, 0.5) is 0 Å². The molecule has 0 bridgehead atoms. The molecule has 0 saturated heterocycles. The molecular weight excluding hydrogens is 322 g/mol. The third-order valence-electron chi connectivity index (χ3n) is 4.83. The Labute approximate surface area is 146 Å². The maximum Gasteiger partial charge on any atom is 0.356 e. The number of carboxylic acid groups (broad SMARTS) is 1. The van der Waals surface area contributed by atoms with Gasteiger partial charge in [-0.2, -0.15) is 5.10 Å². The van der Waals surface area contributed by atoms with E-state index in [1.165, 1.54) is 0 Å². The van der Waals surface area contributed by atoms with Gasteiger partial charge in [0.05, 0.1) is 0 Å². The summed E-state index contributed by atoms with van der Waals surface area (Å²) in [4.78, 5) is 13.8. The fourth-order valence-corrected chi connectivity index (χ4v) is 3.47. The number of aromatic carboxylic acids is 1. The third-order valence-corrected chi connectivity index (χ3v) is 4.83. The average Bonchev–Trinajstić information content (AvgIpc) is 3.11. The first-order valence-electron chi connectivity index (χ1n) is 8.67. The van der Waals surface area contributed by atoms with Crippen molar-refractivity contribution in [1.29, 1.82) is 0 Å². The Bertz CT molecular complexity index is 764. The third kappa shape index (κ3) is 3.58. The minimum absolute atomic E-state index is 0.202. The van der Waals surface area contributed by atoms with E-state index in [9.17, 15) is 9.90 Å². The molecular formula is C17H25N5O3.